The highest BCUT2D eigenvalue weighted by Gasteiger charge is 2.47. The van der Waals surface area contributed by atoms with Crippen LogP contribution in [0.2, 0.25) is 5.02 Å². The molecular weight excluding hydrogens is 600 g/mol. The van der Waals surface area contributed by atoms with E-state index in [1.807, 2.05) is 43.3 Å². The van der Waals surface area contributed by atoms with Crippen LogP contribution >= 0.6 is 46.0 Å². The van der Waals surface area contributed by atoms with Crippen molar-refractivity contribution in [2.45, 2.75) is 49.7 Å². The number of thiazole rings is 1. The van der Waals surface area contributed by atoms with Gasteiger partial charge in [0.15, 0.2) is 10.1 Å². The molecule has 1 unspecified atom stereocenters. The summed E-state index contributed by atoms with van der Waals surface area (Å²) in [4.78, 5) is 33.7. The quantitative estimate of drug-likeness (QED) is 0.0789. The highest BCUT2D eigenvalue weighted by molar-refractivity contribution is 8.00. The third-order valence-electron chi connectivity index (χ3n) is 6.41. The maximum absolute atomic E-state index is 13.9. The molecule has 5 rings (SSSR count). The second kappa shape index (κ2) is 12.7. The molecule has 0 aliphatic carbocycles. The third-order valence-corrected chi connectivity index (χ3v) is 9.86. The molecule has 0 saturated heterocycles. The SMILES string of the molecule is CCCCOc1ccccc1C1C(C(=O)c2sc(C)nc2C)=C(O)C(=O)N1c1nnc(SCc2ccc(Cl)cc2)s1. The lowest BCUT2D eigenvalue weighted by Crippen LogP contribution is -2.31. The number of amides is 1. The molecule has 1 aliphatic heterocycles. The fourth-order valence-electron chi connectivity index (χ4n) is 4.44. The Kier molecular flexibility index (Phi) is 9.08. The lowest BCUT2D eigenvalue weighted by Gasteiger charge is -2.25. The molecule has 1 atom stereocenters. The Morgan fingerprint density at radius 2 is 1.88 bits per heavy atom. The summed E-state index contributed by atoms with van der Waals surface area (Å²) in [6.45, 7) is 6.11. The van der Waals surface area contributed by atoms with Gasteiger partial charge in [0.1, 0.15) is 11.8 Å². The van der Waals surface area contributed by atoms with E-state index in [0.29, 0.717) is 43.6 Å². The van der Waals surface area contributed by atoms with E-state index < -0.39 is 23.5 Å². The monoisotopic (exact) mass is 626 g/mol. The number of carbonyl (C=O) groups excluding carboxylic acids is 2. The van der Waals surface area contributed by atoms with Crippen molar-refractivity contribution in [1.29, 1.82) is 0 Å². The number of aromatic nitrogens is 3. The molecule has 4 aromatic rings. The first-order valence-corrected chi connectivity index (χ1v) is 16.0. The maximum atomic E-state index is 13.9. The fraction of sp³-hybridized carbons (Fsp3) is 0.276. The minimum absolute atomic E-state index is 0.0288. The van der Waals surface area contributed by atoms with E-state index in [9.17, 15) is 14.7 Å². The fourth-order valence-corrected chi connectivity index (χ4v) is 7.26. The Bertz CT molecular complexity index is 1620. The second-order valence-electron chi connectivity index (χ2n) is 9.32. The molecule has 0 bridgehead atoms. The summed E-state index contributed by atoms with van der Waals surface area (Å²) in [5, 5.41) is 21.5. The Labute approximate surface area is 255 Å². The number of Topliss-reactive ketones (excluding diaryl/α,β-unsaturated/α-hetero) is 1. The molecule has 3 heterocycles. The van der Waals surface area contributed by atoms with Crippen LogP contribution in [0.5, 0.6) is 5.75 Å². The summed E-state index contributed by atoms with van der Waals surface area (Å²) in [5.41, 5.74) is 2.16. The number of thioether (sulfide) groups is 1. The van der Waals surface area contributed by atoms with E-state index in [-0.39, 0.29) is 10.7 Å². The van der Waals surface area contributed by atoms with Gasteiger partial charge in [-0.05, 0) is 44.0 Å². The van der Waals surface area contributed by atoms with E-state index in [2.05, 4.69) is 22.1 Å². The highest BCUT2D eigenvalue weighted by Crippen LogP contribution is 2.46. The van der Waals surface area contributed by atoms with Gasteiger partial charge in [-0.25, -0.2) is 4.98 Å². The first kappa shape index (κ1) is 29.2. The number of aliphatic hydroxyl groups is 1. The molecule has 0 spiro atoms. The predicted octanol–water partition coefficient (Wildman–Crippen LogP) is 7.52. The number of carbonyl (C=O) groups is 2. The van der Waals surface area contributed by atoms with Gasteiger partial charge >= 0.3 is 0 Å². The average molecular weight is 627 g/mol. The lowest BCUT2D eigenvalue weighted by atomic mass is 9.94. The van der Waals surface area contributed by atoms with Crippen LogP contribution in [0, 0.1) is 13.8 Å². The van der Waals surface area contributed by atoms with Crippen molar-refractivity contribution in [2.75, 3.05) is 11.5 Å². The van der Waals surface area contributed by atoms with E-state index in [1.54, 1.807) is 19.1 Å². The van der Waals surface area contributed by atoms with E-state index >= 15 is 0 Å². The smallest absolute Gasteiger partial charge is 0.296 e. The topological polar surface area (TPSA) is 106 Å². The predicted molar refractivity (Wildman–Crippen MR) is 164 cm³/mol. The molecule has 1 N–H and O–H groups in total. The highest BCUT2D eigenvalue weighted by atomic mass is 35.5. The second-order valence-corrected chi connectivity index (χ2v) is 13.1. The zero-order chi connectivity index (χ0) is 29.1. The standard InChI is InChI=1S/C29H27ClN4O4S3/c1-4-5-14-38-21-9-7-6-8-20(21)23-22(24(35)26-16(2)31-17(3)40-26)25(36)27(37)34(23)28-32-33-29(41-28)39-15-18-10-12-19(30)13-11-18/h6-13,23,36H,4-5,14-15H2,1-3H3. The number of aliphatic hydroxyl groups excluding tert-OH is 1. The van der Waals surface area contributed by atoms with Crippen LogP contribution in [0.15, 0.2) is 64.2 Å². The number of hydrogen-bond acceptors (Lipinski definition) is 10. The van der Waals surface area contributed by atoms with Crippen molar-refractivity contribution in [3.63, 3.8) is 0 Å². The largest absolute Gasteiger partial charge is 0.503 e. The van der Waals surface area contributed by atoms with Crippen LogP contribution in [0.1, 0.15) is 57.3 Å². The number of nitrogens with zero attached hydrogens (tertiary/aromatic N) is 4. The zero-order valence-electron chi connectivity index (χ0n) is 22.6. The number of ether oxygens (including phenoxy) is 1. The number of ketones is 1. The number of unbranched alkanes of at least 4 members (excludes halogenated alkanes) is 1. The van der Waals surface area contributed by atoms with Gasteiger partial charge in [-0.2, -0.15) is 0 Å². The summed E-state index contributed by atoms with van der Waals surface area (Å²) in [5.74, 6) is -0.612. The molecular formula is C29H27ClN4O4S3. The van der Waals surface area contributed by atoms with Crippen LogP contribution in [0.25, 0.3) is 0 Å². The number of aryl methyl sites for hydroxylation is 2. The number of benzene rings is 2. The minimum Gasteiger partial charge on any atom is -0.503 e. The maximum Gasteiger partial charge on any atom is 0.296 e. The molecule has 8 nitrogen and oxygen atoms in total. The van der Waals surface area contributed by atoms with Crippen LogP contribution in [0.3, 0.4) is 0 Å². The molecule has 1 amide bonds. The molecule has 2 aromatic carbocycles. The van der Waals surface area contributed by atoms with Crippen LogP contribution < -0.4 is 9.64 Å². The summed E-state index contributed by atoms with van der Waals surface area (Å²) in [6.07, 6.45) is 1.80. The first-order valence-electron chi connectivity index (χ1n) is 13.0. The molecule has 41 heavy (non-hydrogen) atoms. The van der Waals surface area contributed by atoms with E-state index in [1.165, 1.54) is 39.3 Å². The lowest BCUT2D eigenvalue weighted by molar-refractivity contribution is -0.117. The van der Waals surface area contributed by atoms with Gasteiger partial charge in [0.25, 0.3) is 5.91 Å². The minimum atomic E-state index is -0.961. The summed E-state index contributed by atoms with van der Waals surface area (Å²) in [6, 6.07) is 13.8. The van der Waals surface area contributed by atoms with Gasteiger partial charge in [0.05, 0.1) is 27.8 Å². The Morgan fingerprint density at radius 3 is 2.59 bits per heavy atom. The summed E-state index contributed by atoms with van der Waals surface area (Å²) < 4.78 is 6.74. The Morgan fingerprint density at radius 1 is 1.12 bits per heavy atom. The van der Waals surface area contributed by atoms with Crippen molar-refractivity contribution in [3.8, 4) is 5.75 Å². The Hall–Kier alpha value is -3.25. The van der Waals surface area contributed by atoms with Crippen LogP contribution in [-0.2, 0) is 10.5 Å². The first-order chi connectivity index (χ1) is 19.8. The number of anilines is 1. The van der Waals surface area contributed by atoms with Crippen molar-refractivity contribution in [2.24, 2.45) is 0 Å². The number of rotatable bonds is 11. The molecule has 2 aromatic heterocycles. The van der Waals surface area contributed by atoms with Gasteiger partial charge in [0, 0.05) is 16.3 Å². The van der Waals surface area contributed by atoms with E-state index in [4.69, 9.17) is 16.3 Å². The number of halogens is 1. The molecule has 0 saturated carbocycles. The summed E-state index contributed by atoms with van der Waals surface area (Å²) >= 11 is 9.93. The molecule has 212 valence electrons. The van der Waals surface area contributed by atoms with Crippen LogP contribution in [-0.4, -0.2) is 38.6 Å². The van der Waals surface area contributed by atoms with Crippen molar-refractivity contribution >= 4 is 62.9 Å². The van der Waals surface area contributed by atoms with Gasteiger partial charge in [-0.15, -0.1) is 21.5 Å². The van der Waals surface area contributed by atoms with Crippen molar-refractivity contribution in [3.05, 3.63) is 91.6 Å². The number of hydrogen-bond donors (Lipinski definition) is 1. The van der Waals surface area contributed by atoms with Gasteiger partial charge in [-0.3, -0.25) is 14.5 Å². The van der Waals surface area contributed by atoms with Gasteiger partial charge in [-0.1, -0.05) is 78.4 Å². The average Bonchev–Trinajstić information content (AvgIpc) is 3.64. The molecule has 1 aliphatic rings. The third kappa shape index (κ3) is 6.18. The summed E-state index contributed by atoms with van der Waals surface area (Å²) in [7, 11) is 0. The van der Waals surface area contributed by atoms with E-state index in [0.717, 1.165) is 23.4 Å². The van der Waals surface area contributed by atoms with Crippen molar-refractivity contribution < 1.29 is 19.4 Å². The zero-order valence-corrected chi connectivity index (χ0v) is 25.8. The Balaban J connectivity index is 1.53. The normalized spacial score (nSPS) is 15.2. The van der Waals surface area contributed by atoms with Crippen molar-refractivity contribution in [1.82, 2.24) is 15.2 Å². The molecule has 0 fully saturated rings. The van der Waals surface area contributed by atoms with Crippen LogP contribution in [0.4, 0.5) is 5.13 Å². The molecule has 12 heteroatoms. The van der Waals surface area contributed by atoms with Gasteiger partial charge < -0.3 is 9.84 Å². The van der Waals surface area contributed by atoms with Gasteiger partial charge in [0.2, 0.25) is 10.9 Å². The molecule has 0 radical (unpaired) electrons. The number of para-hydroxylation sites is 1.